The summed E-state index contributed by atoms with van der Waals surface area (Å²) in [6.07, 6.45) is 0.0809. The molecule has 10 heteroatoms. The van der Waals surface area contributed by atoms with Gasteiger partial charge in [-0.05, 0) is 48.9 Å². The van der Waals surface area contributed by atoms with Gasteiger partial charge < -0.3 is 10.1 Å². The van der Waals surface area contributed by atoms with Gasteiger partial charge in [0.05, 0.1) is 18.0 Å². The Balaban J connectivity index is 1.96. The number of nitrogens with zero attached hydrogens (tertiary/aromatic N) is 1. The number of nitrogens with two attached hydrogens (primary N) is 1. The molecule has 0 aromatic heterocycles. The van der Waals surface area contributed by atoms with E-state index in [0.717, 1.165) is 5.56 Å². The Labute approximate surface area is 174 Å². The zero-order valence-corrected chi connectivity index (χ0v) is 17.3. The molecule has 0 saturated carbocycles. The van der Waals surface area contributed by atoms with Gasteiger partial charge in [0, 0.05) is 25.2 Å². The maximum atomic E-state index is 13.1. The molecule has 0 spiro atoms. The van der Waals surface area contributed by atoms with E-state index in [9.17, 15) is 22.4 Å². The molecule has 1 amide bonds. The maximum Gasteiger partial charge on any atom is 0.320 e. The van der Waals surface area contributed by atoms with Crippen molar-refractivity contribution in [1.29, 1.82) is 0 Å². The molecule has 0 atom stereocenters. The van der Waals surface area contributed by atoms with Crippen molar-refractivity contribution in [2.24, 2.45) is 5.14 Å². The summed E-state index contributed by atoms with van der Waals surface area (Å²) in [6, 6.07) is 11.4. The molecule has 2 aromatic rings. The molecule has 0 aliphatic heterocycles. The lowest BCUT2D eigenvalue weighted by Crippen LogP contribution is -2.33. The molecule has 3 N–H and O–H groups in total. The molecule has 162 valence electrons. The molecule has 30 heavy (non-hydrogen) atoms. The predicted octanol–water partition coefficient (Wildman–Crippen LogP) is 1.87. The van der Waals surface area contributed by atoms with Crippen LogP contribution in [0.3, 0.4) is 0 Å². The van der Waals surface area contributed by atoms with Crippen LogP contribution < -0.4 is 10.5 Å². The Morgan fingerprint density at radius 3 is 2.30 bits per heavy atom. The average molecular weight is 437 g/mol. The summed E-state index contributed by atoms with van der Waals surface area (Å²) in [5.74, 6) is -1.09. The van der Waals surface area contributed by atoms with Crippen LogP contribution in [0.15, 0.2) is 53.4 Å². The molecule has 2 aromatic carbocycles. The van der Waals surface area contributed by atoms with Crippen LogP contribution in [0.4, 0.5) is 10.1 Å². The molecule has 0 fully saturated rings. The van der Waals surface area contributed by atoms with Crippen LogP contribution >= 0.6 is 0 Å². The molecular weight excluding hydrogens is 413 g/mol. The molecule has 0 bridgehead atoms. The quantitative estimate of drug-likeness (QED) is 0.548. The van der Waals surface area contributed by atoms with Gasteiger partial charge in [0.25, 0.3) is 0 Å². The summed E-state index contributed by atoms with van der Waals surface area (Å²) >= 11 is 0. The molecule has 0 saturated heterocycles. The molecule has 0 unspecified atom stereocenters. The van der Waals surface area contributed by atoms with E-state index in [-0.39, 0.29) is 42.7 Å². The number of hydrogen-bond acceptors (Lipinski definition) is 6. The Morgan fingerprint density at radius 1 is 1.10 bits per heavy atom. The van der Waals surface area contributed by atoms with Gasteiger partial charge in [-0.3, -0.25) is 14.5 Å². The summed E-state index contributed by atoms with van der Waals surface area (Å²) in [5.41, 5.74) is 1.21. The number of carbonyl (C=O) groups is 2. The Kier molecular flexibility index (Phi) is 8.46. The summed E-state index contributed by atoms with van der Waals surface area (Å²) in [6.45, 7) is 2.54. The number of carbonyl (C=O) groups excluding carboxylic acids is 2. The lowest BCUT2D eigenvalue weighted by atomic mass is 10.2. The third kappa shape index (κ3) is 7.90. The lowest BCUT2D eigenvalue weighted by Gasteiger charge is -2.21. The molecule has 8 nitrogen and oxygen atoms in total. The third-order valence-corrected chi connectivity index (χ3v) is 5.03. The Bertz CT molecular complexity index is 963. The zero-order valence-electron chi connectivity index (χ0n) is 16.5. The predicted molar refractivity (Wildman–Crippen MR) is 109 cm³/mol. The van der Waals surface area contributed by atoms with Crippen molar-refractivity contribution >= 4 is 27.6 Å². The number of nitrogens with one attached hydrogen (secondary N) is 1. The van der Waals surface area contributed by atoms with Crippen molar-refractivity contribution in [3.05, 3.63) is 59.9 Å². The van der Waals surface area contributed by atoms with Gasteiger partial charge in [0.15, 0.2) is 0 Å². The summed E-state index contributed by atoms with van der Waals surface area (Å²) < 4.78 is 40.6. The second kappa shape index (κ2) is 10.8. The van der Waals surface area contributed by atoms with E-state index in [1.54, 1.807) is 24.0 Å². The summed E-state index contributed by atoms with van der Waals surface area (Å²) in [7, 11) is -3.80. The van der Waals surface area contributed by atoms with Crippen molar-refractivity contribution in [1.82, 2.24) is 4.90 Å². The first-order valence-electron chi connectivity index (χ1n) is 9.22. The summed E-state index contributed by atoms with van der Waals surface area (Å²) in [4.78, 5) is 25.8. The van der Waals surface area contributed by atoms with Crippen molar-refractivity contribution in [3.8, 4) is 0 Å². The van der Waals surface area contributed by atoms with Crippen molar-refractivity contribution in [2.75, 3.05) is 25.0 Å². The largest absolute Gasteiger partial charge is 0.465 e. The zero-order chi connectivity index (χ0) is 22.1. The van der Waals surface area contributed by atoms with E-state index in [2.05, 4.69) is 5.32 Å². The highest BCUT2D eigenvalue weighted by Gasteiger charge is 2.15. The normalized spacial score (nSPS) is 11.3. The number of esters is 1. The fourth-order valence-electron chi connectivity index (χ4n) is 2.66. The molecule has 0 aliphatic rings. The minimum Gasteiger partial charge on any atom is -0.465 e. The van der Waals surface area contributed by atoms with Crippen LogP contribution in [0, 0.1) is 5.82 Å². The lowest BCUT2D eigenvalue weighted by molar-refractivity contribution is -0.144. The second-order valence-electron chi connectivity index (χ2n) is 6.51. The fourth-order valence-corrected chi connectivity index (χ4v) is 3.18. The van der Waals surface area contributed by atoms with Gasteiger partial charge in [0.2, 0.25) is 15.9 Å². The maximum absolute atomic E-state index is 13.1. The van der Waals surface area contributed by atoms with Crippen LogP contribution in [-0.4, -0.2) is 44.9 Å². The van der Waals surface area contributed by atoms with Gasteiger partial charge in [-0.25, -0.2) is 17.9 Å². The second-order valence-corrected chi connectivity index (χ2v) is 8.07. The first-order valence-corrected chi connectivity index (χ1v) is 10.8. The number of primary sulfonamides is 1. The first-order chi connectivity index (χ1) is 14.2. The highest BCUT2D eigenvalue weighted by atomic mass is 32.2. The molecule has 0 radical (unpaired) electrons. The van der Waals surface area contributed by atoms with Crippen LogP contribution in [0.1, 0.15) is 18.9 Å². The van der Waals surface area contributed by atoms with Crippen LogP contribution in [-0.2, 0) is 30.9 Å². The Morgan fingerprint density at radius 2 is 1.73 bits per heavy atom. The number of hydrogen-bond donors (Lipinski definition) is 2. The first kappa shape index (κ1) is 23.5. The van der Waals surface area contributed by atoms with Gasteiger partial charge >= 0.3 is 5.97 Å². The highest BCUT2D eigenvalue weighted by molar-refractivity contribution is 7.89. The standard InChI is InChI=1S/C20H24FN3O5S/c1-2-29-20(26)14-24(13-15-3-5-16(21)6-4-15)12-11-19(25)23-17-7-9-18(10-8-17)30(22,27)28/h3-10H,2,11-14H2,1H3,(H,23,25)(H2,22,27,28). The van der Waals surface area contributed by atoms with Crippen molar-refractivity contribution < 1.29 is 27.1 Å². The minimum atomic E-state index is -3.80. The Hall–Kier alpha value is -2.82. The average Bonchev–Trinajstić information content (AvgIpc) is 2.68. The fraction of sp³-hybridized carbons (Fsp3) is 0.300. The molecule has 2 rings (SSSR count). The smallest absolute Gasteiger partial charge is 0.320 e. The number of ether oxygens (including phenoxy) is 1. The van der Waals surface area contributed by atoms with Gasteiger partial charge in [-0.1, -0.05) is 12.1 Å². The monoisotopic (exact) mass is 437 g/mol. The molecule has 0 heterocycles. The van der Waals surface area contributed by atoms with E-state index in [1.807, 2.05) is 0 Å². The highest BCUT2D eigenvalue weighted by Crippen LogP contribution is 2.13. The van der Waals surface area contributed by atoms with Gasteiger partial charge in [0.1, 0.15) is 5.82 Å². The van der Waals surface area contributed by atoms with Crippen LogP contribution in [0.5, 0.6) is 0 Å². The number of amides is 1. The van der Waals surface area contributed by atoms with E-state index >= 15 is 0 Å². The van der Waals surface area contributed by atoms with Crippen molar-refractivity contribution in [2.45, 2.75) is 24.8 Å². The van der Waals surface area contributed by atoms with E-state index in [1.165, 1.54) is 36.4 Å². The number of halogens is 1. The third-order valence-electron chi connectivity index (χ3n) is 4.10. The van der Waals surface area contributed by atoms with Gasteiger partial charge in [-0.15, -0.1) is 0 Å². The van der Waals surface area contributed by atoms with Crippen LogP contribution in [0.2, 0.25) is 0 Å². The topological polar surface area (TPSA) is 119 Å². The number of benzene rings is 2. The number of anilines is 1. The minimum absolute atomic E-state index is 0.0123. The number of sulfonamides is 1. The SMILES string of the molecule is CCOC(=O)CN(CCC(=O)Nc1ccc(S(N)(=O)=O)cc1)Cc1ccc(F)cc1. The van der Waals surface area contributed by atoms with E-state index in [4.69, 9.17) is 9.88 Å². The van der Waals surface area contributed by atoms with Crippen molar-refractivity contribution in [3.63, 3.8) is 0 Å². The van der Waals surface area contributed by atoms with E-state index < -0.39 is 16.0 Å². The molecular formula is C20H24FN3O5S. The van der Waals surface area contributed by atoms with Gasteiger partial charge in [-0.2, -0.15) is 0 Å². The molecule has 0 aliphatic carbocycles. The number of rotatable bonds is 10. The van der Waals surface area contributed by atoms with E-state index in [0.29, 0.717) is 12.2 Å². The summed E-state index contributed by atoms with van der Waals surface area (Å²) in [5, 5.41) is 7.70. The van der Waals surface area contributed by atoms with Crippen LogP contribution in [0.25, 0.3) is 0 Å².